The predicted molar refractivity (Wildman–Crippen MR) is 89.9 cm³/mol. The smallest absolute Gasteiger partial charge is 0.236 e. The number of benzene rings is 1. The van der Waals surface area contributed by atoms with Crippen molar-refractivity contribution in [3.05, 3.63) is 30.3 Å². The Labute approximate surface area is 142 Å². The van der Waals surface area contributed by atoms with E-state index in [0.717, 1.165) is 0 Å². The van der Waals surface area contributed by atoms with Crippen LogP contribution in [-0.4, -0.2) is 68.5 Å². The molecule has 0 aliphatic carbocycles. The molecular formula is C16H23N3O4S. The molecule has 1 aliphatic heterocycles. The lowest BCUT2D eigenvalue weighted by atomic mass is 10.1. The van der Waals surface area contributed by atoms with Crippen molar-refractivity contribution in [2.75, 3.05) is 32.4 Å². The first kappa shape index (κ1) is 18.4. The summed E-state index contributed by atoms with van der Waals surface area (Å²) in [6.45, 7) is 1.35. The third kappa shape index (κ3) is 4.55. The summed E-state index contributed by atoms with van der Waals surface area (Å²) in [6, 6.07) is 7.71. The summed E-state index contributed by atoms with van der Waals surface area (Å²) in [4.78, 5) is 27.3. The molecule has 1 atom stereocenters. The zero-order chi connectivity index (χ0) is 17.7. The molecule has 1 aromatic carbocycles. The monoisotopic (exact) mass is 353 g/mol. The molecule has 0 aromatic heterocycles. The fourth-order valence-corrected chi connectivity index (χ4v) is 4.06. The summed E-state index contributed by atoms with van der Waals surface area (Å²) in [5, 5.41) is 0. The summed E-state index contributed by atoms with van der Waals surface area (Å²) in [7, 11) is -1.58. The van der Waals surface area contributed by atoms with Crippen LogP contribution < -0.4 is 5.73 Å². The van der Waals surface area contributed by atoms with Crippen molar-refractivity contribution in [3.8, 4) is 0 Å². The molecule has 1 unspecified atom stereocenters. The standard InChI is InChI=1S/C16H23N3O4S/c1-18-9-10-19(12-14(18)16(17)21)15(20)8-5-11-24(22,23)13-6-3-2-4-7-13/h2-4,6-7,14H,5,8-12H2,1H3,(H2,17,21). The van der Waals surface area contributed by atoms with Gasteiger partial charge in [-0.05, 0) is 25.6 Å². The zero-order valence-corrected chi connectivity index (χ0v) is 14.5. The lowest BCUT2D eigenvalue weighted by molar-refractivity contribution is -0.136. The average molecular weight is 353 g/mol. The number of sulfone groups is 1. The molecular weight excluding hydrogens is 330 g/mol. The number of carbonyl (C=O) groups is 2. The van der Waals surface area contributed by atoms with Crippen LogP contribution in [0.25, 0.3) is 0 Å². The van der Waals surface area contributed by atoms with Gasteiger partial charge in [0.15, 0.2) is 9.84 Å². The minimum Gasteiger partial charge on any atom is -0.368 e. The maximum absolute atomic E-state index is 12.3. The van der Waals surface area contributed by atoms with Crippen LogP contribution in [0.5, 0.6) is 0 Å². The lowest BCUT2D eigenvalue weighted by Crippen LogP contribution is -2.57. The molecule has 0 radical (unpaired) electrons. The molecule has 0 saturated carbocycles. The number of amides is 2. The van der Waals surface area contributed by atoms with E-state index in [-0.39, 0.29) is 35.9 Å². The van der Waals surface area contributed by atoms with Crippen molar-refractivity contribution in [2.24, 2.45) is 5.73 Å². The average Bonchev–Trinajstić information content (AvgIpc) is 2.55. The normalized spacial score (nSPS) is 19.2. The van der Waals surface area contributed by atoms with Gasteiger partial charge < -0.3 is 10.6 Å². The van der Waals surface area contributed by atoms with E-state index in [2.05, 4.69) is 0 Å². The first-order chi connectivity index (χ1) is 11.3. The quantitative estimate of drug-likeness (QED) is 0.768. The maximum Gasteiger partial charge on any atom is 0.236 e. The van der Waals surface area contributed by atoms with E-state index < -0.39 is 21.8 Å². The Morgan fingerprint density at radius 2 is 1.88 bits per heavy atom. The van der Waals surface area contributed by atoms with Crippen LogP contribution >= 0.6 is 0 Å². The fourth-order valence-electron chi connectivity index (χ4n) is 2.72. The van der Waals surface area contributed by atoms with Crippen molar-refractivity contribution >= 4 is 21.7 Å². The van der Waals surface area contributed by atoms with Crippen LogP contribution in [0.2, 0.25) is 0 Å². The molecule has 1 aliphatic rings. The number of rotatable bonds is 6. The van der Waals surface area contributed by atoms with Gasteiger partial charge in [-0.1, -0.05) is 18.2 Å². The van der Waals surface area contributed by atoms with Crippen LogP contribution in [0.1, 0.15) is 12.8 Å². The fraction of sp³-hybridized carbons (Fsp3) is 0.500. The van der Waals surface area contributed by atoms with Gasteiger partial charge in [0.05, 0.1) is 10.6 Å². The van der Waals surface area contributed by atoms with Crippen LogP contribution in [0.4, 0.5) is 0 Å². The van der Waals surface area contributed by atoms with Crippen molar-refractivity contribution in [1.82, 2.24) is 9.80 Å². The number of hydrogen-bond donors (Lipinski definition) is 1. The van der Waals surface area contributed by atoms with Gasteiger partial charge in [-0.3, -0.25) is 14.5 Å². The second-order valence-corrected chi connectivity index (χ2v) is 8.08. The molecule has 2 rings (SSSR count). The number of primary amides is 1. The van der Waals surface area contributed by atoms with E-state index in [4.69, 9.17) is 5.73 Å². The van der Waals surface area contributed by atoms with E-state index in [1.165, 1.54) is 0 Å². The number of hydrogen-bond acceptors (Lipinski definition) is 5. The Hall–Kier alpha value is -1.93. The summed E-state index contributed by atoms with van der Waals surface area (Å²) in [5.41, 5.74) is 5.34. The van der Waals surface area contributed by atoms with Gasteiger partial charge in [-0.15, -0.1) is 0 Å². The van der Waals surface area contributed by atoms with Crippen molar-refractivity contribution in [1.29, 1.82) is 0 Å². The molecule has 1 saturated heterocycles. The molecule has 1 heterocycles. The Bertz CT molecular complexity index is 691. The van der Waals surface area contributed by atoms with E-state index in [9.17, 15) is 18.0 Å². The van der Waals surface area contributed by atoms with E-state index in [1.807, 2.05) is 4.90 Å². The van der Waals surface area contributed by atoms with E-state index >= 15 is 0 Å². The van der Waals surface area contributed by atoms with Crippen LogP contribution in [0.3, 0.4) is 0 Å². The van der Waals surface area contributed by atoms with Gasteiger partial charge in [0.2, 0.25) is 11.8 Å². The second kappa shape index (κ2) is 7.76. The molecule has 7 nitrogen and oxygen atoms in total. The highest BCUT2D eigenvalue weighted by atomic mass is 32.2. The van der Waals surface area contributed by atoms with Crippen LogP contribution in [0, 0.1) is 0 Å². The first-order valence-electron chi connectivity index (χ1n) is 7.86. The minimum atomic E-state index is -3.37. The molecule has 24 heavy (non-hydrogen) atoms. The Balaban J connectivity index is 1.86. The summed E-state index contributed by atoms with van der Waals surface area (Å²) >= 11 is 0. The second-order valence-electron chi connectivity index (χ2n) is 5.97. The number of likely N-dealkylation sites (N-methyl/N-ethyl adjacent to an activating group) is 1. The topological polar surface area (TPSA) is 101 Å². The van der Waals surface area contributed by atoms with Crippen molar-refractivity contribution in [3.63, 3.8) is 0 Å². The minimum absolute atomic E-state index is 0.0737. The predicted octanol–water partition coefficient (Wildman–Crippen LogP) is -0.132. The Kier molecular flexibility index (Phi) is 5.95. The summed E-state index contributed by atoms with van der Waals surface area (Å²) in [5.74, 6) is -0.672. The lowest BCUT2D eigenvalue weighted by Gasteiger charge is -2.37. The maximum atomic E-state index is 12.3. The molecule has 0 spiro atoms. The van der Waals surface area contributed by atoms with Gasteiger partial charge in [0.1, 0.15) is 6.04 Å². The van der Waals surface area contributed by atoms with Gasteiger partial charge >= 0.3 is 0 Å². The molecule has 132 valence electrons. The number of nitrogens with zero attached hydrogens (tertiary/aromatic N) is 2. The molecule has 1 fully saturated rings. The van der Waals surface area contributed by atoms with E-state index in [0.29, 0.717) is 13.1 Å². The van der Waals surface area contributed by atoms with Crippen molar-refractivity contribution < 1.29 is 18.0 Å². The SMILES string of the molecule is CN1CCN(C(=O)CCCS(=O)(=O)c2ccccc2)CC1C(N)=O. The van der Waals surface area contributed by atoms with Crippen LogP contribution in [-0.2, 0) is 19.4 Å². The first-order valence-corrected chi connectivity index (χ1v) is 9.51. The molecule has 0 bridgehead atoms. The number of nitrogens with two attached hydrogens (primary N) is 1. The Morgan fingerprint density at radius 3 is 2.50 bits per heavy atom. The third-order valence-corrected chi connectivity index (χ3v) is 6.05. The Morgan fingerprint density at radius 1 is 1.21 bits per heavy atom. The number of piperazine rings is 1. The highest BCUT2D eigenvalue weighted by Crippen LogP contribution is 2.14. The number of carbonyl (C=O) groups excluding carboxylic acids is 2. The highest BCUT2D eigenvalue weighted by molar-refractivity contribution is 7.91. The third-order valence-electron chi connectivity index (χ3n) is 4.24. The summed E-state index contributed by atoms with van der Waals surface area (Å²) in [6.07, 6.45) is 0.394. The van der Waals surface area contributed by atoms with Crippen molar-refractivity contribution in [2.45, 2.75) is 23.8 Å². The van der Waals surface area contributed by atoms with Gasteiger partial charge in [0, 0.05) is 26.1 Å². The van der Waals surface area contributed by atoms with E-state index in [1.54, 1.807) is 42.3 Å². The van der Waals surface area contributed by atoms with Crippen LogP contribution in [0.15, 0.2) is 35.2 Å². The zero-order valence-electron chi connectivity index (χ0n) is 13.7. The summed E-state index contributed by atoms with van der Waals surface area (Å²) < 4.78 is 24.4. The molecule has 2 amide bonds. The largest absolute Gasteiger partial charge is 0.368 e. The van der Waals surface area contributed by atoms with Gasteiger partial charge in [0.25, 0.3) is 0 Å². The molecule has 2 N–H and O–H groups in total. The van der Waals surface area contributed by atoms with Gasteiger partial charge in [-0.25, -0.2) is 8.42 Å². The molecule has 1 aromatic rings. The molecule has 8 heteroatoms. The van der Waals surface area contributed by atoms with Gasteiger partial charge in [-0.2, -0.15) is 0 Å². The highest BCUT2D eigenvalue weighted by Gasteiger charge is 2.30.